The smallest absolute Gasteiger partial charge is 0.243 e. The van der Waals surface area contributed by atoms with E-state index in [0.717, 1.165) is 6.42 Å². The molecule has 1 heterocycles. The quantitative estimate of drug-likeness (QED) is 0.849. The molecule has 0 bridgehead atoms. The molecule has 1 aromatic rings. The molecule has 1 aromatic carbocycles. The topological polar surface area (TPSA) is 64.4 Å². The molecule has 0 amide bonds. The summed E-state index contributed by atoms with van der Waals surface area (Å²) >= 11 is 5.91. The summed E-state index contributed by atoms with van der Waals surface area (Å²) in [5.74, 6) is 0. The molecule has 0 radical (unpaired) electrons. The van der Waals surface area contributed by atoms with Crippen LogP contribution in [0.25, 0.3) is 0 Å². The standard InChI is InChI=1S/C13H16ClN3O2S/c1-16(2)11-5-6-17(9-11)20(18,19)12-4-3-10(8-15)13(14)7-12/h3-4,7,11H,5-6,9H2,1-2H3. The molecule has 108 valence electrons. The molecule has 0 N–H and O–H groups in total. The van der Waals surface area contributed by atoms with E-state index in [1.165, 1.54) is 22.5 Å². The molecule has 1 atom stereocenters. The van der Waals surface area contributed by atoms with Crippen LogP contribution in [-0.2, 0) is 10.0 Å². The first kappa shape index (κ1) is 15.3. The maximum absolute atomic E-state index is 12.5. The highest BCUT2D eigenvalue weighted by Gasteiger charge is 2.33. The average molecular weight is 314 g/mol. The number of sulfonamides is 1. The Hall–Kier alpha value is -1.13. The van der Waals surface area contributed by atoms with Gasteiger partial charge in [0.1, 0.15) is 6.07 Å². The summed E-state index contributed by atoms with van der Waals surface area (Å²) in [5, 5.41) is 8.98. The van der Waals surface area contributed by atoms with Crippen LogP contribution in [0.5, 0.6) is 0 Å². The fraction of sp³-hybridized carbons (Fsp3) is 0.462. The van der Waals surface area contributed by atoms with Crippen molar-refractivity contribution in [3.8, 4) is 6.07 Å². The van der Waals surface area contributed by atoms with Gasteiger partial charge in [-0.2, -0.15) is 9.57 Å². The van der Waals surface area contributed by atoms with Gasteiger partial charge < -0.3 is 4.90 Å². The Labute approximate surface area is 124 Å². The van der Waals surface area contributed by atoms with Crippen LogP contribution in [0, 0.1) is 11.3 Å². The molecule has 0 spiro atoms. The van der Waals surface area contributed by atoms with Crippen LogP contribution >= 0.6 is 11.6 Å². The van der Waals surface area contributed by atoms with Crippen LogP contribution < -0.4 is 0 Å². The second-order valence-electron chi connectivity index (χ2n) is 5.02. The monoisotopic (exact) mass is 313 g/mol. The number of benzene rings is 1. The van der Waals surface area contributed by atoms with Gasteiger partial charge >= 0.3 is 0 Å². The molecule has 0 aromatic heterocycles. The Kier molecular flexibility index (Phi) is 4.35. The first-order chi connectivity index (χ1) is 9.36. The van der Waals surface area contributed by atoms with E-state index in [0.29, 0.717) is 13.1 Å². The van der Waals surface area contributed by atoms with Crippen molar-refractivity contribution in [2.75, 3.05) is 27.2 Å². The second-order valence-corrected chi connectivity index (χ2v) is 7.37. The third-order valence-electron chi connectivity index (χ3n) is 3.56. The van der Waals surface area contributed by atoms with E-state index in [4.69, 9.17) is 16.9 Å². The lowest BCUT2D eigenvalue weighted by molar-refractivity contribution is 0.302. The van der Waals surface area contributed by atoms with E-state index < -0.39 is 10.0 Å². The Morgan fingerprint density at radius 2 is 2.15 bits per heavy atom. The van der Waals surface area contributed by atoms with E-state index in [2.05, 4.69) is 0 Å². The molecule has 20 heavy (non-hydrogen) atoms. The van der Waals surface area contributed by atoms with E-state index in [1.54, 1.807) is 0 Å². The Balaban J connectivity index is 2.28. The van der Waals surface area contributed by atoms with Crippen LogP contribution in [0.2, 0.25) is 5.02 Å². The first-order valence-electron chi connectivity index (χ1n) is 6.22. The molecule has 1 aliphatic heterocycles. The second kappa shape index (κ2) is 5.70. The molecular formula is C13H16ClN3O2S. The molecule has 1 fully saturated rings. The van der Waals surface area contributed by atoms with Crippen molar-refractivity contribution in [3.05, 3.63) is 28.8 Å². The molecule has 1 aliphatic rings. The van der Waals surface area contributed by atoms with Crippen LogP contribution in [0.15, 0.2) is 23.1 Å². The summed E-state index contributed by atoms with van der Waals surface area (Å²) in [6.45, 7) is 0.982. The van der Waals surface area contributed by atoms with Crippen LogP contribution in [0.1, 0.15) is 12.0 Å². The molecule has 2 rings (SSSR count). The van der Waals surface area contributed by atoms with Gasteiger partial charge in [-0.3, -0.25) is 0 Å². The lowest BCUT2D eigenvalue weighted by Gasteiger charge is -2.20. The van der Waals surface area contributed by atoms with Crippen LogP contribution in [0.4, 0.5) is 0 Å². The van der Waals surface area contributed by atoms with Crippen molar-refractivity contribution in [2.24, 2.45) is 0 Å². The molecular weight excluding hydrogens is 298 g/mol. The van der Waals surface area contributed by atoms with Gasteiger partial charge in [0, 0.05) is 19.1 Å². The van der Waals surface area contributed by atoms with E-state index in [1.807, 2.05) is 25.1 Å². The lowest BCUT2D eigenvalue weighted by atomic mass is 10.2. The summed E-state index contributed by atoms with van der Waals surface area (Å²) < 4.78 is 26.5. The van der Waals surface area contributed by atoms with Gasteiger partial charge in [0.25, 0.3) is 0 Å². The van der Waals surface area contributed by atoms with Crippen molar-refractivity contribution in [1.29, 1.82) is 5.26 Å². The number of rotatable bonds is 3. The molecule has 0 aliphatic carbocycles. The summed E-state index contributed by atoms with van der Waals surface area (Å²) in [4.78, 5) is 2.17. The van der Waals surface area contributed by atoms with Gasteiger partial charge in [-0.15, -0.1) is 0 Å². The van der Waals surface area contributed by atoms with Gasteiger partial charge in [-0.05, 0) is 38.7 Å². The van der Waals surface area contributed by atoms with E-state index in [9.17, 15) is 8.42 Å². The number of nitriles is 1. The minimum atomic E-state index is -3.54. The largest absolute Gasteiger partial charge is 0.305 e. The normalized spacial score (nSPS) is 20.2. The first-order valence-corrected chi connectivity index (χ1v) is 8.04. The summed E-state index contributed by atoms with van der Waals surface area (Å²) in [5.41, 5.74) is 0.276. The van der Waals surface area contributed by atoms with Gasteiger partial charge in [0.15, 0.2) is 0 Å². The summed E-state index contributed by atoms with van der Waals surface area (Å²) in [6.07, 6.45) is 0.816. The van der Waals surface area contributed by atoms with E-state index >= 15 is 0 Å². The van der Waals surface area contributed by atoms with Crippen molar-refractivity contribution in [3.63, 3.8) is 0 Å². The summed E-state index contributed by atoms with van der Waals surface area (Å²) in [6, 6.07) is 6.37. The zero-order valence-corrected chi connectivity index (χ0v) is 12.9. The average Bonchev–Trinajstić information content (AvgIpc) is 2.89. The predicted octanol–water partition coefficient (Wildman–Crippen LogP) is 1.54. The predicted molar refractivity (Wildman–Crippen MR) is 77.0 cm³/mol. The molecule has 1 unspecified atom stereocenters. The maximum Gasteiger partial charge on any atom is 0.243 e. The van der Waals surface area contributed by atoms with Crippen molar-refractivity contribution < 1.29 is 8.42 Å². The van der Waals surface area contributed by atoms with Gasteiger partial charge in [-0.1, -0.05) is 11.6 Å². The number of nitrogens with zero attached hydrogens (tertiary/aromatic N) is 3. The molecule has 5 nitrogen and oxygen atoms in total. The molecule has 1 saturated heterocycles. The SMILES string of the molecule is CN(C)C1CCN(S(=O)(=O)c2ccc(C#N)c(Cl)c2)C1. The Bertz CT molecular complexity index is 652. The van der Waals surface area contributed by atoms with Crippen LogP contribution in [0.3, 0.4) is 0 Å². The summed E-state index contributed by atoms with van der Waals surface area (Å²) in [7, 11) is 0.348. The minimum absolute atomic E-state index is 0.140. The fourth-order valence-corrected chi connectivity index (χ4v) is 4.05. The van der Waals surface area contributed by atoms with Gasteiger partial charge in [0.05, 0.1) is 15.5 Å². The molecule has 0 saturated carbocycles. The van der Waals surface area contributed by atoms with Crippen LogP contribution in [-0.4, -0.2) is 50.8 Å². The Morgan fingerprint density at radius 1 is 1.45 bits per heavy atom. The zero-order valence-electron chi connectivity index (χ0n) is 11.4. The number of hydrogen-bond donors (Lipinski definition) is 0. The van der Waals surface area contributed by atoms with Gasteiger partial charge in [0.2, 0.25) is 10.0 Å². The molecule has 7 heteroatoms. The third kappa shape index (κ3) is 2.81. The van der Waals surface area contributed by atoms with E-state index in [-0.39, 0.29) is 21.5 Å². The highest BCUT2D eigenvalue weighted by molar-refractivity contribution is 7.89. The number of hydrogen-bond acceptors (Lipinski definition) is 4. The third-order valence-corrected chi connectivity index (χ3v) is 5.73. The lowest BCUT2D eigenvalue weighted by Crippen LogP contribution is -2.34. The fourth-order valence-electron chi connectivity index (χ4n) is 2.25. The van der Waals surface area contributed by atoms with Crippen molar-refractivity contribution in [2.45, 2.75) is 17.4 Å². The minimum Gasteiger partial charge on any atom is -0.305 e. The highest BCUT2D eigenvalue weighted by Crippen LogP contribution is 2.26. The van der Waals surface area contributed by atoms with Gasteiger partial charge in [-0.25, -0.2) is 8.42 Å². The zero-order chi connectivity index (χ0) is 14.9. The highest BCUT2D eigenvalue weighted by atomic mass is 35.5. The van der Waals surface area contributed by atoms with Crippen molar-refractivity contribution >= 4 is 21.6 Å². The number of likely N-dealkylation sites (N-methyl/N-ethyl adjacent to an activating group) is 1. The number of halogens is 1. The Morgan fingerprint density at radius 3 is 2.65 bits per heavy atom. The maximum atomic E-state index is 12.5. The van der Waals surface area contributed by atoms with Crippen molar-refractivity contribution in [1.82, 2.24) is 9.21 Å².